The number of carbonyl (C=O) groups is 1. The third-order valence-corrected chi connectivity index (χ3v) is 4.06. The Morgan fingerprint density at radius 1 is 1.29 bits per heavy atom. The minimum Gasteiger partial charge on any atom is -0.396 e. The Morgan fingerprint density at radius 2 is 2.00 bits per heavy atom. The minimum absolute atomic E-state index is 0.110. The van der Waals surface area contributed by atoms with Gasteiger partial charge in [-0.15, -0.1) is 0 Å². The summed E-state index contributed by atoms with van der Waals surface area (Å²) in [7, 11) is 0. The lowest BCUT2D eigenvalue weighted by Gasteiger charge is -2.18. The van der Waals surface area contributed by atoms with E-state index >= 15 is 0 Å². The molecule has 0 spiro atoms. The number of aryl methyl sites for hydroxylation is 1. The second-order valence-electron chi connectivity index (χ2n) is 6.63. The molecule has 1 atom stereocenters. The highest BCUT2D eigenvalue weighted by atomic mass is 16.3. The third kappa shape index (κ3) is 4.93. The van der Waals surface area contributed by atoms with Gasteiger partial charge in [-0.25, -0.2) is 4.68 Å². The van der Waals surface area contributed by atoms with Crippen molar-refractivity contribution in [3.05, 3.63) is 47.8 Å². The molecular weight excluding hydrogens is 302 g/mol. The molecule has 1 unspecified atom stereocenters. The van der Waals surface area contributed by atoms with Crippen molar-refractivity contribution in [2.24, 2.45) is 11.8 Å². The van der Waals surface area contributed by atoms with Gasteiger partial charge in [0.2, 0.25) is 0 Å². The summed E-state index contributed by atoms with van der Waals surface area (Å²) in [4.78, 5) is 12.5. The van der Waals surface area contributed by atoms with Crippen LogP contribution in [0.1, 0.15) is 42.7 Å². The smallest absolute Gasteiger partial charge is 0.254 e. The summed E-state index contributed by atoms with van der Waals surface area (Å²) >= 11 is 0. The molecule has 2 rings (SSSR count). The zero-order valence-electron chi connectivity index (χ0n) is 14.7. The van der Waals surface area contributed by atoms with Crippen molar-refractivity contribution in [2.75, 3.05) is 13.2 Å². The molecule has 1 aromatic heterocycles. The van der Waals surface area contributed by atoms with E-state index in [1.54, 1.807) is 10.9 Å². The molecule has 0 aliphatic rings. The Labute approximate surface area is 143 Å². The predicted octanol–water partition coefficient (Wildman–Crippen LogP) is 2.96. The van der Waals surface area contributed by atoms with E-state index in [4.69, 9.17) is 0 Å². The molecule has 0 saturated heterocycles. The van der Waals surface area contributed by atoms with Crippen LogP contribution < -0.4 is 5.32 Å². The maximum absolute atomic E-state index is 12.5. The van der Waals surface area contributed by atoms with E-state index in [1.165, 1.54) is 0 Å². The Balaban J connectivity index is 2.03. The van der Waals surface area contributed by atoms with E-state index in [2.05, 4.69) is 24.3 Å². The maximum atomic E-state index is 12.5. The Kier molecular flexibility index (Phi) is 6.55. The number of hydrogen-bond donors (Lipinski definition) is 2. The van der Waals surface area contributed by atoms with Gasteiger partial charge in [0.15, 0.2) is 0 Å². The molecule has 0 aliphatic carbocycles. The first-order valence-electron chi connectivity index (χ1n) is 8.52. The number of carbonyl (C=O) groups excluding carboxylic acids is 1. The number of nitrogens with one attached hydrogen (secondary N) is 1. The van der Waals surface area contributed by atoms with Crippen LogP contribution in [-0.2, 0) is 0 Å². The van der Waals surface area contributed by atoms with Crippen LogP contribution in [-0.4, -0.2) is 33.9 Å². The second kappa shape index (κ2) is 8.64. The van der Waals surface area contributed by atoms with Gasteiger partial charge in [0, 0.05) is 19.3 Å². The minimum atomic E-state index is -0.110. The molecule has 0 aliphatic heterocycles. The number of benzene rings is 1. The first-order valence-corrected chi connectivity index (χ1v) is 8.52. The largest absolute Gasteiger partial charge is 0.396 e. The molecule has 2 N–H and O–H groups in total. The zero-order chi connectivity index (χ0) is 17.5. The Morgan fingerprint density at radius 3 is 2.62 bits per heavy atom. The van der Waals surface area contributed by atoms with Crippen LogP contribution in [0.4, 0.5) is 0 Å². The van der Waals surface area contributed by atoms with E-state index < -0.39 is 0 Å². The summed E-state index contributed by atoms with van der Waals surface area (Å²) in [6.07, 6.45) is 3.47. The highest BCUT2D eigenvalue weighted by molar-refractivity contribution is 5.95. The van der Waals surface area contributed by atoms with Crippen molar-refractivity contribution >= 4 is 5.91 Å². The summed E-state index contributed by atoms with van der Waals surface area (Å²) in [5.41, 5.74) is 2.22. The number of amides is 1. The van der Waals surface area contributed by atoms with Gasteiger partial charge < -0.3 is 10.4 Å². The standard InChI is InChI=1S/C19H27N3O2/c1-14(2)11-16(9-10-23)12-20-19(24)18-13-22(21-15(18)3)17-7-5-4-6-8-17/h4-8,13-14,16,23H,9-12H2,1-3H3,(H,20,24). The second-order valence-corrected chi connectivity index (χ2v) is 6.63. The normalized spacial score (nSPS) is 12.4. The van der Waals surface area contributed by atoms with Gasteiger partial charge in [-0.05, 0) is 43.7 Å². The van der Waals surface area contributed by atoms with E-state index in [1.807, 2.05) is 37.3 Å². The van der Waals surface area contributed by atoms with Crippen LogP contribution in [0, 0.1) is 18.8 Å². The quantitative estimate of drug-likeness (QED) is 0.782. The van der Waals surface area contributed by atoms with Crippen molar-refractivity contribution < 1.29 is 9.90 Å². The lowest BCUT2D eigenvalue weighted by atomic mass is 9.94. The van der Waals surface area contributed by atoms with E-state index in [0.717, 1.165) is 12.1 Å². The van der Waals surface area contributed by atoms with Crippen LogP contribution in [0.25, 0.3) is 5.69 Å². The lowest BCUT2D eigenvalue weighted by Crippen LogP contribution is -2.30. The van der Waals surface area contributed by atoms with Gasteiger partial charge in [-0.2, -0.15) is 5.10 Å². The van der Waals surface area contributed by atoms with Gasteiger partial charge in [0.05, 0.1) is 16.9 Å². The molecule has 0 saturated carbocycles. The van der Waals surface area contributed by atoms with Crippen LogP contribution in [0.2, 0.25) is 0 Å². The van der Waals surface area contributed by atoms with Crippen molar-refractivity contribution in [1.29, 1.82) is 0 Å². The topological polar surface area (TPSA) is 67.2 Å². The van der Waals surface area contributed by atoms with Crippen molar-refractivity contribution in [3.8, 4) is 5.69 Å². The van der Waals surface area contributed by atoms with Crippen molar-refractivity contribution in [2.45, 2.75) is 33.6 Å². The summed E-state index contributed by atoms with van der Waals surface area (Å²) in [6, 6.07) is 9.74. The number of nitrogens with zero attached hydrogens (tertiary/aromatic N) is 2. The Hall–Kier alpha value is -2.14. The van der Waals surface area contributed by atoms with E-state index in [-0.39, 0.29) is 12.5 Å². The Bertz CT molecular complexity index is 650. The maximum Gasteiger partial charge on any atom is 0.254 e. The predicted molar refractivity (Wildman–Crippen MR) is 95.3 cm³/mol. The molecule has 5 nitrogen and oxygen atoms in total. The molecule has 0 bridgehead atoms. The molecule has 0 radical (unpaired) electrons. The van der Waals surface area contributed by atoms with Gasteiger partial charge in [-0.3, -0.25) is 4.79 Å². The average molecular weight is 329 g/mol. The van der Waals surface area contributed by atoms with Crippen LogP contribution in [0.5, 0.6) is 0 Å². The number of aromatic nitrogens is 2. The molecule has 1 aromatic carbocycles. The molecule has 5 heteroatoms. The molecule has 130 valence electrons. The fourth-order valence-corrected chi connectivity index (χ4v) is 2.88. The van der Waals surface area contributed by atoms with Crippen LogP contribution in [0.3, 0.4) is 0 Å². The van der Waals surface area contributed by atoms with Crippen LogP contribution >= 0.6 is 0 Å². The zero-order valence-corrected chi connectivity index (χ0v) is 14.7. The van der Waals surface area contributed by atoms with Gasteiger partial charge in [0.25, 0.3) is 5.91 Å². The summed E-state index contributed by atoms with van der Waals surface area (Å²) in [5, 5.41) is 16.6. The first kappa shape index (κ1) is 18.2. The highest BCUT2D eigenvalue weighted by Gasteiger charge is 2.16. The number of aliphatic hydroxyl groups excluding tert-OH is 1. The molecule has 1 amide bonds. The molecular formula is C19H27N3O2. The first-order chi connectivity index (χ1) is 11.5. The number of aliphatic hydroxyl groups is 1. The number of hydrogen-bond acceptors (Lipinski definition) is 3. The fraction of sp³-hybridized carbons (Fsp3) is 0.474. The highest BCUT2D eigenvalue weighted by Crippen LogP contribution is 2.15. The fourth-order valence-electron chi connectivity index (χ4n) is 2.88. The summed E-state index contributed by atoms with van der Waals surface area (Å²) in [6.45, 7) is 6.87. The van der Waals surface area contributed by atoms with Crippen molar-refractivity contribution in [1.82, 2.24) is 15.1 Å². The number of para-hydroxylation sites is 1. The molecule has 0 fully saturated rings. The molecule has 24 heavy (non-hydrogen) atoms. The monoisotopic (exact) mass is 329 g/mol. The van der Waals surface area contributed by atoms with Gasteiger partial charge in [-0.1, -0.05) is 32.0 Å². The van der Waals surface area contributed by atoms with E-state index in [0.29, 0.717) is 36.1 Å². The molecule has 1 heterocycles. The van der Waals surface area contributed by atoms with E-state index in [9.17, 15) is 9.90 Å². The average Bonchev–Trinajstić information content (AvgIpc) is 2.95. The lowest BCUT2D eigenvalue weighted by molar-refractivity contribution is 0.0940. The number of rotatable bonds is 8. The van der Waals surface area contributed by atoms with Gasteiger partial charge in [0.1, 0.15) is 0 Å². The van der Waals surface area contributed by atoms with Crippen molar-refractivity contribution in [3.63, 3.8) is 0 Å². The SMILES string of the molecule is Cc1nn(-c2ccccc2)cc1C(=O)NCC(CCO)CC(C)C. The third-order valence-electron chi connectivity index (χ3n) is 4.06. The summed E-state index contributed by atoms with van der Waals surface area (Å²) < 4.78 is 1.73. The van der Waals surface area contributed by atoms with Gasteiger partial charge >= 0.3 is 0 Å². The summed E-state index contributed by atoms with van der Waals surface area (Å²) in [5.74, 6) is 0.728. The van der Waals surface area contributed by atoms with Crippen LogP contribution in [0.15, 0.2) is 36.5 Å². The molecule has 2 aromatic rings.